The molecule has 28 heavy (non-hydrogen) atoms. The molecule has 2 N–H and O–H groups in total. The molecule has 4 rings (SSSR count). The maximum atomic E-state index is 13.3. The van der Waals surface area contributed by atoms with Crippen LogP contribution in [-0.4, -0.2) is 44.6 Å². The van der Waals surface area contributed by atoms with Gasteiger partial charge in [0.1, 0.15) is 17.3 Å². The Hall–Kier alpha value is -3.42. The number of aromatic nitrogens is 3. The lowest BCUT2D eigenvalue weighted by molar-refractivity contribution is 0.0685. The van der Waals surface area contributed by atoms with Gasteiger partial charge in [-0.15, -0.1) is 0 Å². The highest BCUT2D eigenvalue weighted by atomic mass is 19.1. The van der Waals surface area contributed by atoms with E-state index in [1.165, 1.54) is 18.2 Å². The summed E-state index contributed by atoms with van der Waals surface area (Å²) in [6.07, 6.45) is 4.82. The minimum absolute atomic E-state index is 0.0106. The number of H-pyrrole nitrogens is 1. The number of piperidine rings is 1. The summed E-state index contributed by atoms with van der Waals surface area (Å²) in [6.45, 7) is 1.22. The number of amides is 2. The zero-order valence-electron chi connectivity index (χ0n) is 15.1. The Morgan fingerprint density at radius 3 is 2.68 bits per heavy atom. The highest BCUT2D eigenvalue weighted by Gasteiger charge is 2.26. The van der Waals surface area contributed by atoms with E-state index in [-0.39, 0.29) is 23.4 Å². The summed E-state index contributed by atoms with van der Waals surface area (Å²) < 4.78 is 15.1. The van der Waals surface area contributed by atoms with E-state index >= 15 is 0 Å². The van der Waals surface area contributed by atoms with Crippen molar-refractivity contribution >= 4 is 17.6 Å². The van der Waals surface area contributed by atoms with Crippen molar-refractivity contribution in [3.63, 3.8) is 0 Å². The van der Waals surface area contributed by atoms with Gasteiger partial charge in [0.2, 0.25) is 0 Å². The molecule has 1 fully saturated rings. The molecule has 1 aliphatic heterocycles. The smallest absolute Gasteiger partial charge is 0.270 e. The molecule has 3 heterocycles. The Balaban J connectivity index is 1.41. The topological polar surface area (TPSA) is 83.0 Å². The van der Waals surface area contributed by atoms with E-state index in [1.54, 1.807) is 41.3 Å². The molecule has 8 heteroatoms. The van der Waals surface area contributed by atoms with Crippen LogP contribution in [0, 0.1) is 5.82 Å². The molecular formula is C20H20FN5O2. The number of hydrogen-bond donors (Lipinski definition) is 2. The predicted octanol–water partition coefficient (Wildman–Crippen LogP) is 3.08. The second-order valence-electron chi connectivity index (χ2n) is 6.73. The molecule has 0 radical (unpaired) electrons. The molecule has 3 aromatic rings. The number of nitrogens with zero attached hydrogens (tertiary/aromatic N) is 3. The van der Waals surface area contributed by atoms with E-state index in [2.05, 4.69) is 15.4 Å². The van der Waals surface area contributed by atoms with Crippen LogP contribution in [0.15, 0.2) is 54.9 Å². The molecule has 0 unspecified atom stereocenters. The van der Waals surface area contributed by atoms with Gasteiger partial charge >= 0.3 is 0 Å². The first-order chi connectivity index (χ1) is 13.6. The molecule has 1 saturated heterocycles. The van der Waals surface area contributed by atoms with E-state index in [9.17, 15) is 14.0 Å². The number of aromatic amines is 1. The summed E-state index contributed by atoms with van der Waals surface area (Å²) in [6, 6.07) is 10.9. The molecule has 0 atom stereocenters. The van der Waals surface area contributed by atoms with Crippen LogP contribution in [0.4, 0.5) is 10.2 Å². The van der Waals surface area contributed by atoms with Crippen LogP contribution in [0.5, 0.6) is 0 Å². The van der Waals surface area contributed by atoms with Gasteiger partial charge in [-0.1, -0.05) is 6.07 Å². The third-order valence-electron chi connectivity index (χ3n) is 4.92. The van der Waals surface area contributed by atoms with Gasteiger partial charge in [-0.05, 0) is 43.2 Å². The summed E-state index contributed by atoms with van der Waals surface area (Å²) >= 11 is 0. The van der Waals surface area contributed by atoms with Crippen molar-refractivity contribution in [2.45, 2.75) is 18.9 Å². The molecule has 0 saturated carbocycles. The van der Waals surface area contributed by atoms with Crippen LogP contribution in [0.25, 0.3) is 0 Å². The quantitative estimate of drug-likeness (QED) is 0.729. The van der Waals surface area contributed by atoms with Crippen molar-refractivity contribution < 1.29 is 14.0 Å². The summed E-state index contributed by atoms with van der Waals surface area (Å²) in [5, 5.41) is 7.14. The van der Waals surface area contributed by atoms with Crippen molar-refractivity contribution in [2.24, 2.45) is 0 Å². The van der Waals surface area contributed by atoms with Crippen LogP contribution < -0.4 is 5.32 Å². The van der Waals surface area contributed by atoms with Gasteiger partial charge in [0.25, 0.3) is 11.8 Å². The zero-order valence-corrected chi connectivity index (χ0v) is 15.1. The fourth-order valence-corrected chi connectivity index (χ4v) is 3.47. The van der Waals surface area contributed by atoms with E-state index in [1.807, 2.05) is 4.90 Å². The third kappa shape index (κ3) is 3.66. The second kappa shape index (κ2) is 7.67. The summed E-state index contributed by atoms with van der Waals surface area (Å²) in [4.78, 5) is 29.6. The largest absolute Gasteiger partial charge is 0.357 e. The highest BCUT2D eigenvalue weighted by molar-refractivity contribution is 6.03. The molecule has 0 spiro atoms. The zero-order chi connectivity index (χ0) is 19.5. The second-order valence-corrected chi connectivity index (χ2v) is 6.73. The Kier molecular flexibility index (Phi) is 4.92. The van der Waals surface area contributed by atoms with Crippen LogP contribution in [0.3, 0.4) is 0 Å². The number of carbonyl (C=O) groups is 2. The van der Waals surface area contributed by atoms with E-state index in [0.29, 0.717) is 24.6 Å². The average Bonchev–Trinajstić information content (AvgIpc) is 3.40. The fraction of sp³-hybridized carbons (Fsp3) is 0.250. The van der Waals surface area contributed by atoms with Gasteiger partial charge in [0, 0.05) is 30.9 Å². The first-order valence-electron chi connectivity index (χ1n) is 9.15. The molecule has 7 nitrogen and oxygen atoms in total. The van der Waals surface area contributed by atoms with E-state index in [0.717, 1.165) is 12.8 Å². The first kappa shape index (κ1) is 18.0. The average molecular weight is 381 g/mol. The Morgan fingerprint density at radius 2 is 1.96 bits per heavy atom. The SMILES string of the molecule is O=C(Nc1ccnn1C1CCN(C(=O)c2ccc[nH]2)CC1)c1cccc(F)c1. The molecule has 1 aromatic carbocycles. The van der Waals surface area contributed by atoms with Crippen LogP contribution in [0.2, 0.25) is 0 Å². The fourth-order valence-electron chi connectivity index (χ4n) is 3.47. The predicted molar refractivity (Wildman–Crippen MR) is 102 cm³/mol. The van der Waals surface area contributed by atoms with Crippen LogP contribution in [-0.2, 0) is 0 Å². The van der Waals surface area contributed by atoms with Gasteiger partial charge in [0.15, 0.2) is 0 Å². The number of benzene rings is 1. The van der Waals surface area contributed by atoms with E-state index in [4.69, 9.17) is 0 Å². The number of hydrogen-bond acceptors (Lipinski definition) is 3. The Bertz CT molecular complexity index is 974. The number of rotatable bonds is 4. The molecule has 1 aliphatic rings. The van der Waals surface area contributed by atoms with Gasteiger partial charge in [-0.25, -0.2) is 9.07 Å². The maximum Gasteiger partial charge on any atom is 0.270 e. The van der Waals surface area contributed by atoms with Crippen molar-refractivity contribution in [1.29, 1.82) is 0 Å². The molecule has 0 bridgehead atoms. The minimum atomic E-state index is -0.458. The molecular weight excluding hydrogens is 361 g/mol. The van der Waals surface area contributed by atoms with Crippen molar-refractivity contribution in [2.75, 3.05) is 18.4 Å². The van der Waals surface area contributed by atoms with Crippen LogP contribution >= 0.6 is 0 Å². The van der Waals surface area contributed by atoms with Crippen molar-refractivity contribution in [3.05, 3.63) is 71.9 Å². The normalized spacial score (nSPS) is 14.8. The third-order valence-corrected chi connectivity index (χ3v) is 4.92. The van der Waals surface area contributed by atoms with Gasteiger partial charge < -0.3 is 15.2 Å². The Labute approximate surface area is 161 Å². The summed E-state index contributed by atoms with van der Waals surface area (Å²) in [7, 11) is 0. The standard InChI is InChI=1S/C20H20FN5O2/c21-15-4-1-3-14(13-15)19(27)24-18-6-10-23-26(18)16-7-11-25(12-8-16)20(28)17-5-2-9-22-17/h1-6,9-10,13,16,22H,7-8,11-12H2,(H,24,27). The van der Waals surface area contributed by atoms with E-state index < -0.39 is 5.82 Å². The lowest BCUT2D eigenvalue weighted by atomic mass is 10.0. The van der Waals surface area contributed by atoms with Crippen molar-refractivity contribution in [1.82, 2.24) is 19.7 Å². The van der Waals surface area contributed by atoms with Gasteiger partial charge in [-0.3, -0.25) is 9.59 Å². The molecule has 0 aliphatic carbocycles. The summed E-state index contributed by atoms with van der Waals surface area (Å²) in [5.74, 6) is -0.298. The number of anilines is 1. The first-order valence-corrected chi connectivity index (χ1v) is 9.15. The Morgan fingerprint density at radius 1 is 1.14 bits per heavy atom. The maximum absolute atomic E-state index is 13.3. The van der Waals surface area contributed by atoms with Gasteiger partial charge in [0.05, 0.1) is 12.2 Å². The van der Waals surface area contributed by atoms with Crippen LogP contribution in [0.1, 0.15) is 39.7 Å². The number of carbonyl (C=O) groups excluding carboxylic acids is 2. The number of nitrogens with one attached hydrogen (secondary N) is 2. The summed E-state index contributed by atoms with van der Waals surface area (Å²) in [5.41, 5.74) is 0.833. The number of likely N-dealkylation sites (tertiary alicyclic amines) is 1. The lowest BCUT2D eigenvalue weighted by Crippen LogP contribution is -2.39. The molecule has 2 aromatic heterocycles. The lowest BCUT2D eigenvalue weighted by Gasteiger charge is -2.32. The highest BCUT2D eigenvalue weighted by Crippen LogP contribution is 2.26. The minimum Gasteiger partial charge on any atom is -0.357 e. The monoisotopic (exact) mass is 381 g/mol. The van der Waals surface area contributed by atoms with Crippen molar-refractivity contribution in [3.8, 4) is 0 Å². The van der Waals surface area contributed by atoms with Gasteiger partial charge in [-0.2, -0.15) is 5.10 Å². The number of halogens is 1. The molecule has 144 valence electrons. The molecule has 2 amide bonds.